The highest BCUT2D eigenvalue weighted by atomic mass is 31.2. The van der Waals surface area contributed by atoms with Crippen LogP contribution < -0.4 is 0 Å². The van der Waals surface area contributed by atoms with Gasteiger partial charge in [0.15, 0.2) is 12.2 Å². The molecule has 0 aliphatic heterocycles. The molecule has 0 aromatic carbocycles. The predicted octanol–water partition coefficient (Wildman–Crippen LogP) is 20.9. The lowest BCUT2D eigenvalue weighted by Gasteiger charge is -2.21. The number of phosphoric acid groups is 2. The van der Waals surface area contributed by atoms with Crippen LogP contribution in [0.4, 0.5) is 0 Å². The molecule has 0 radical (unpaired) electrons. The van der Waals surface area contributed by atoms with Crippen molar-refractivity contribution < 1.29 is 80.2 Å². The smallest absolute Gasteiger partial charge is 0.462 e. The van der Waals surface area contributed by atoms with Gasteiger partial charge in [0, 0.05) is 25.7 Å². The molecule has 8 atom stereocenters. The van der Waals surface area contributed by atoms with Crippen molar-refractivity contribution in [2.45, 2.75) is 382 Å². The summed E-state index contributed by atoms with van der Waals surface area (Å²) in [7, 11) is -9.91. The van der Waals surface area contributed by atoms with E-state index in [2.05, 4.69) is 55.4 Å². The lowest BCUT2D eigenvalue weighted by molar-refractivity contribution is -0.161. The van der Waals surface area contributed by atoms with Crippen LogP contribution in [0.15, 0.2) is 0 Å². The first-order chi connectivity index (χ1) is 44.2. The lowest BCUT2D eigenvalue weighted by atomic mass is 9.99. The molecule has 0 saturated carbocycles. The maximum absolute atomic E-state index is 13.0. The van der Waals surface area contributed by atoms with Gasteiger partial charge in [0.25, 0.3) is 0 Å². The van der Waals surface area contributed by atoms with E-state index in [4.69, 9.17) is 37.0 Å². The third-order valence-corrected chi connectivity index (χ3v) is 19.8. The largest absolute Gasteiger partial charge is 0.472 e. The number of carbonyl (C=O) groups is 4. The summed E-state index contributed by atoms with van der Waals surface area (Å²) in [4.78, 5) is 72.6. The van der Waals surface area contributed by atoms with Gasteiger partial charge in [0.1, 0.15) is 19.3 Å². The lowest BCUT2D eigenvalue weighted by Crippen LogP contribution is -2.30. The Morgan fingerprint density at radius 1 is 0.304 bits per heavy atom. The summed E-state index contributed by atoms with van der Waals surface area (Å²) in [5.41, 5.74) is 0. The molecule has 0 amide bonds. The summed E-state index contributed by atoms with van der Waals surface area (Å²) >= 11 is 0. The van der Waals surface area contributed by atoms with Gasteiger partial charge in [-0.15, -0.1) is 0 Å². The summed E-state index contributed by atoms with van der Waals surface area (Å²) in [6, 6.07) is 0. The Morgan fingerprint density at radius 3 is 0.772 bits per heavy atom. The number of phosphoric ester groups is 2. The summed E-state index contributed by atoms with van der Waals surface area (Å²) in [6.07, 6.45) is 45.8. The highest BCUT2D eigenvalue weighted by Crippen LogP contribution is 2.45. The van der Waals surface area contributed by atoms with Crippen LogP contribution in [-0.4, -0.2) is 96.7 Å². The second-order valence-electron chi connectivity index (χ2n) is 27.5. The number of ether oxygens (including phenoxy) is 4. The molecule has 546 valence electrons. The summed E-state index contributed by atoms with van der Waals surface area (Å²) in [5.74, 6) is 0.937. The van der Waals surface area contributed by atoms with E-state index in [0.29, 0.717) is 25.7 Å². The Labute approximate surface area is 562 Å². The Kier molecular flexibility index (Phi) is 61.3. The second kappa shape index (κ2) is 62.6. The van der Waals surface area contributed by atoms with E-state index in [1.807, 2.05) is 0 Å². The molecule has 0 spiro atoms. The van der Waals surface area contributed by atoms with Crippen LogP contribution in [0.25, 0.3) is 0 Å². The summed E-state index contributed by atoms with van der Waals surface area (Å²) < 4.78 is 68.4. The van der Waals surface area contributed by atoms with E-state index in [9.17, 15) is 43.2 Å². The van der Waals surface area contributed by atoms with Crippen molar-refractivity contribution in [3.05, 3.63) is 0 Å². The van der Waals surface area contributed by atoms with Gasteiger partial charge in [0.05, 0.1) is 26.4 Å². The molecule has 92 heavy (non-hydrogen) atoms. The number of aliphatic hydroxyl groups is 1. The third-order valence-electron chi connectivity index (χ3n) is 17.9. The predicted molar refractivity (Wildman–Crippen MR) is 372 cm³/mol. The number of rotatable bonds is 70. The van der Waals surface area contributed by atoms with Gasteiger partial charge in [-0.25, -0.2) is 9.13 Å². The molecule has 0 aliphatic rings. The zero-order valence-corrected chi connectivity index (χ0v) is 62.0. The Bertz CT molecular complexity index is 1820. The molecule has 0 bridgehead atoms. The fourth-order valence-corrected chi connectivity index (χ4v) is 12.5. The number of carbonyl (C=O) groups excluding carboxylic acids is 4. The number of aliphatic hydroxyl groups excluding tert-OH is 1. The van der Waals surface area contributed by atoms with Crippen molar-refractivity contribution in [2.24, 2.45) is 23.7 Å². The highest BCUT2D eigenvalue weighted by molar-refractivity contribution is 7.47. The third kappa shape index (κ3) is 62.8. The first-order valence-electron chi connectivity index (χ1n) is 37.8. The number of hydrogen-bond donors (Lipinski definition) is 3. The van der Waals surface area contributed by atoms with Gasteiger partial charge in [0.2, 0.25) is 0 Å². The minimum absolute atomic E-state index is 0.103. The van der Waals surface area contributed by atoms with Crippen molar-refractivity contribution in [2.75, 3.05) is 39.6 Å². The standard InChI is InChI=1S/C73H142O17P2/c1-9-64(6)50-42-34-26-22-18-14-12-13-15-19-23-27-37-45-53-70(75)83-59-69(90-73(78)56-48-40-32-30-36-44-52-66(8)11-3)62-88-92(81,82)86-58-67(74)57-85-91(79,80)87-61-68(60-84-71(76)54-46-38-31-29-35-43-51-65(7)10-2)89-72(77)55-47-39-28-24-20-16-17-21-25-33-41-49-63(4)5/h63-69,74H,9-62H2,1-8H3,(H,79,80)(H,81,82)/t64?,65?,66?,67-,68+,69+/m0/s1. The Hall–Kier alpha value is -1.94. The zero-order chi connectivity index (χ0) is 68.2. The average Bonchev–Trinajstić information content (AvgIpc) is 3.24. The summed E-state index contributed by atoms with van der Waals surface area (Å²) in [6.45, 7) is 14.1. The molecule has 0 aromatic heterocycles. The normalized spacial score (nSPS) is 15.1. The molecular weight excluding hydrogens is 1210 g/mol. The van der Waals surface area contributed by atoms with Gasteiger partial charge in [-0.3, -0.25) is 37.3 Å². The van der Waals surface area contributed by atoms with Crippen molar-refractivity contribution in [1.82, 2.24) is 0 Å². The first kappa shape index (κ1) is 90.1. The fourth-order valence-electron chi connectivity index (χ4n) is 10.9. The van der Waals surface area contributed by atoms with Crippen molar-refractivity contribution in [1.29, 1.82) is 0 Å². The van der Waals surface area contributed by atoms with Crippen LogP contribution >= 0.6 is 15.6 Å². The molecule has 17 nitrogen and oxygen atoms in total. The van der Waals surface area contributed by atoms with Gasteiger partial charge in [-0.05, 0) is 49.4 Å². The van der Waals surface area contributed by atoms with Crippen LogP contribution in [0.1, 0.15) is 364 Å². The van der Waals surface area contributed by atoms with E-state index >= 15 is 0 Å². The molecule has 0 aromatic rings. The van der Waals surface area contributed by atoms with Crippen LogP contribution in [0, 0.1) is 23.7 Å². The van der Waals surface area contributed by atoms with E-state index in [0.717, 1.165) is 120 Å². The van der Waals surface area contributed by atoms with Gasteiger partial charge in [-0.1, -0.05) is 312 Å². The maximum atomic E-state index is 13.0. The molecule has 3 N–H and O–H groups in total. The zero-order valence-electron chi connectivity index (χ0n) is 60.2. The first-order valence-corrected chi connectivity index (χ1v) is 40.8. The Balaban J connectivity index is 5.21. The van der Waals surface area contributed by atoms with Crippen LogP contribution in [0.2, 0.25) is 0 Å². The van der Waals surface area contributed by atoms with Crippen LogP contribution in [-0.2, 0) is 65.4 Å². The number of esters is 4. The molecular formula is C73H142O17P2. The summed E-state index contributed by atoms with van der Waals surface area (Å²) in [5, 5.41) is 10.6. The van der Waals surface area contributed by atoms with Gasteiger partial charge in [-0.2, -0.15) is 0 Å². The van der Waals surface area contributed by atoms with E-state index in [-0.39, 0.29) is 25.7 Å². The van der Waals surface area contributed by atoms with Crippen LogP contribution in [0.3, 0.4) is 0 Å². The highest BCUT2D eigenvalue weighted by Gasteiger charge is 2.30. The fraction of sp³-hybridized carbons (Fsp3) is 0.945. The molecule has 0 fully saturated rings. The minimum atomic E-state index is -4.95. The van der Waals surface area contributed by atoms with Crippen LogP contribution in [0.5, 0.6) is 0 Å². The second-order valence-corrected chi connectivity index (χ2v) is 30.4. The molecule has 0 rings (SSSR count). The monoisotopic (exact) mass is 1350 g/mol. The minimum Gasteiger partial charge on any atom is -0.462 e. The molecule has 19 heteroatoms. The number of unbranched alkanes of at least 4 members (excludes halogenated alkanes) is 33. The average molecular weight is 1350 g/mol. The van der Waals surface area contributed by atoms with Crippen molar-refractivity contribution in [3.63, 3.8) is 0 Å². The molecule has 0 heterocycles. The van der Waals surface area contributed by atoms with Gasteiger partial charge >= 0.3 is 39.5 Å². The van der Waals surface area contributed by atoms with Crippen molar-refractivity contribution >= 4 is 39.5 Å². The number of hydrogen-bond acceptors (Lipinski definition) is 15. The Morgan fingerprint density at radius 2 is 0.522 bits per heavy atom. The van der Waals surface area contributed by atoms with E-state index in [1.165, 1.54) is 161 Å². The van der Waals surface area contributed by atoms with E-state index < -0.39 is 97.5 Å². The molecule has 5 unspecified atom stereocenters. The SMILES string of the molecule is CCC(C)CCCCCCCCCCCCCCCCC(=O)OC[C@H](COP(=O)(O)OC[C@@H](O)COP(=O)(O)OC[C@@H](COC(=O)CCCCCCCCC(C)CC)OC(=O)CCCCCCCCCCCCCC(C)C)OC(=O)CCCCCCCCC(C)CC. The van der Waals surface area contributed by atoms with Crippen molar-refractivity contribution in [3.8, 4) is 0 Å². The van der Waals surface area contributed by atoms with Gasteiger partial charge < -0.3 is 33.8 Å². The maximum Gasteiger partial charge on any atom is 0.472 e. The van der Waals surface area contributed by atoms with E-state index in [1.54, 1.807) is 0 Å². The molecule has 0 saturated heterocycles. The quantitative estimate of drug-likeness (QED) is 0.0222. The molecule has 0 aliphatic carbocycles. The topological polar surface area (TPSA) is 237 Å².